The van der Waals surface area contributed by atoms with Crippen molar-refractivity contribution < 1.29 is 9.90 Å². The van der Waals surface area contributed by atoms with Gasteiger partial charge in [-0.2, -0.15) is 4.52 Å². The molecule has 7 nitrogen and oxygen atoms in total. The number of aromatic nitrogens is 4. The largest absolute Gasteiger partial charge is 0.480 e. The van der Waals surface area contributed by atoms with Crippen molar-refractivity contribution in [3.8, 4) is 0 Å². The summed E-state index contributed by atoms with van der Waals surface area (Å²) < 4.78 is 1.64. The molecule has 3 aromatic rings. The molecule has 1 atom stereocenters. The molecule has 0 bridgehead atoms. The Morgan fingerprint density at radius 3 is 2.61 bits per heavy atom. The number of carbonyl (C=O) groups is 1. The van der Waals surface area contributed by atoms with Crippen LogP contribution in [-0.4, -0.2) is 36.9 Å². The van der Waals surface area contributed by atoms with Gasteiger partial charge in [0.15, 0.2) is 17.3 Å². The van der Waals surface area contributed by atoms with Gasteiger partial charge in [-0.05, 0) is 19.3 Å². The molecule has 0 saturated heterocycles. The van der Waals surface area contributed by atoms with E-state index in [1.807, 2.05) is 45.0 Å². The number of rotatable bonds is 5. The molecule has 120 valence electrons. The van der Waals surface area contributed by atoms with Crippen LogP contribution in [0.5, 0.6) is 0 Å². The first-order valence-corrected chi connectivity index (χ1v) is 7.57. The first-order chi connectivity index (χ1) is 11.0. The van der Waals surface area contributed by atoms with Crippen LogP contribution in [0.4, 0.5) is 5.82 Å². The molecule has 2 heterocycles. The minimum Gasteiger partial charge on any atom is -0.480 e. The quantitative estimate of drug-likeness (QED) is 0.752. The number of nitrogens with one attached hydrogen (secondary N) is 1. The zero-order chi connectivity index (χ0) is 16.6. The molecular formula is C16H19N5O2. The summed E-state index contributed by atoms with van der Waals surface area (Å²) in [5.74, 6) is 0.564. The number of nitrogens with zero attached hydrogens (tertiary/aromatic N) is 4. The highest BCUT2D eigenvalue weighted by molar-refractivity contribution is 6.00. The van der Waals surface area contributed by atoms with Crippen LogP contribution in [-0.2, 0) is 4.79 Å². The van der Waals surface area contributed by atoms with Gasteiger partial charge in [0.05, 0.1) is 0 Å². The summed E-state index contributed by atoms with van der Waals surface area (Å²) in [5, 5.41) is 27.0. The average Bonchev–Trinajstić information content (AvgIpc) is 2.88. The summed E-state index contributed by atoms with van der Waals surface area (Å²) in [7, 11) is 0. The van der Waals surface area contributed by atoms with Gasteiger partial charge in [0, 0.05) is 10.8 Å². The Bertz CT molecular complexity index is 871. The molecule has 0 fully saturated rings. The van der Waals surface area contributed by atoms with E-state index >= 15 is 0 Å². The van der Waals surface area contributed by atoms with Crippen LogP contribution in [0.15, 0.2) is 24.3 Å². The number of aryl methyl sites for hydroxylation is 1. The Morgan fingerprint density at radius 1 is 1.26 bits per heavy atom. The molecule has 0 radical (unpaired) electrons. The van der Waals surface area contributed by atoms with Crippen LogP contribution in [0.25, 0.3) is 16.4 Å². The monoisotopic (exact) mass is 313 g/mol. The maximum atomic E-state index is 11.5. The van der Waals surface area contributed by atoms with Gasteiger partial charge >= 0.3 is 5.97 Å². The molecule has 0 saturated carbocycles. The van der Waals surface area contributed by atoms with E-state index in [4.69, 9.17) is 0 Å². The summed E-state index contributed by atoms with van der Waals surface area (Å²) in [6.07, 6.45) is 0.518. The normalized spacial score (nSPS) is 12.9. The van der Waals surface area contributed by atoms with E-state index in [1.165, 1.54) is 0 Å². The molecular weight excluding hydrogens is 294 g/mol. The third kappa shape index (κ3) is 2.81. The van der Waals surface area contributed by atoms with Crippen LogP contribution in [0.3, 0.4) is 0 Å². The summed E-state index contributed by atoms with van der Waals surface area (Å²) in [6.45, 7) is 5.81. The van der Waals surface area contributed by atoms with E-state index < -0.39 is 12.0 Å². The number of fused-ring (bicyclic) bond motifs is 3. The van der Waals surface area contributed by atoms with Crippen molar-refractivity contribution in [1.82, 2.24) is 19.8 Å². The molecule has 0 aliphatic rings. The second-order valence-electron chi connectivity index (χ2n) is 6.04. The van der Waals surface area contributed by atoms with Crippen molar-refractivity contribution in [2.24, 2.45) is 5.92 Å². The Balaban J connectivity index is 2.14. The fourth-order valence-corrected chi connectivity index (χ4v) is 2.65. The summed E-state index contributed by atoms with van der Waals surface area (Å²) >= 11 is 0. The highest BCUT2D eigenvalue weighted by Crippen LogP contribution is 2.25. The van der Waals surface area contributed by atoms with E-state index in [1.54, 1.807) is 4.52 Å². The molecule has 1 aromatic carbocycles. The average molecular weight is 313 g/mol. The van der Waals surface area contributed by atoms with Crippen LogP contribution in [0.1, 0.15) is 26.1 Å². The highest BCUT2D eigenvalue weighted by Gasteiger charge is 2.21. The third-order valence-electron chi connectivity index (χ3n) is 3.74. The maximum absolute atomic E-state index is 11.5. The van der Waals surface area contributed by atoms with Crippen molar-refractivity contribution in [2.75, 3.05) is 5.32 Å². The van der Waals surface area contributed by atoms with Crippen molar-refractivity contribution in [3.63, 3.8) is 0 Å². The number of carboxylic acid groups (broad SMARTS) is 1. The standard InChI is InChI=1S/C16H19N5O2/c1-9(2)8-13(16(22)23)17-14-11-6-4-5-7-12(11)15-19-18-10(3)21(15)20-14/h4-7,9,13H,8H2,1-3H3,(H,17,20)(H,22,23)/t13-/m1/s1. The molecule has 0 spiro atoms. The van der Waals surface area contributed by atoms with Gasteiger partial charge in [0.2, 0.25) is 0 Å². The number of anilines is 1. The van der Waals surface area contributed by atoms with Crippen molar-refractivity contribution >= 4 is 28.2 Å². The zero-order valence-electron chi connectivity index (χ0n) is 13.3. The van der Waals surface area contributed by atoms with Gasteiger partial charge < -0.3 is 10.4 Å². The lowest BCUT2D eigenvalue weighted by molar-refractivity contribution is -0.138. The fourth-order valence-electron chi connectivity index (χ4n) is 2.65. The molecule has 7 heteroatoms. The van der Waals surface area contributed by atoms with Gasteiger partial charge in [-0.1, -0.05) is 38.1 Å². The van der Waals surface area contributed by atoms with Gasteiger partial charge in [0.1, 0.15) is 6.04 Å². The lowest BCUT2D eigenvalue weighted by atomic mass is 10.0. The molecule has 23 heavy (non-hydrogen) atoms. The fraction of sp³-hybridized carbons (Fsp3) is 0.375. The number of hydrogen-bond acceptors (Lipinski definition) is 5. The van der Waals surface area contributed by atoms with Crippen LogP contribution in [0.2, 0.25) is 0 Å². The Morgan fingerprint density at radius 2 is 1.96 bits per heavy atom. The number of hydrogen-bond donors (Lipinski definition) is 2. The Kier molecular flexibility index (Phi) is 3.85. The second kappa shape index (κ2) is 5.83. The van der Waals surface area contributed by atoms with Crippen molar-refractivity contribution in [1.29, 1.82) is 0 Å². The van der Waals surface area contributed by atoms with Gasteiger partial charge in [-0.15, -0.1) is 15.3 Å². The summed E-state index contributed by atoms with van der Waals surface area (Å²) in [6, 6.07) is 6.96. The lowest BCUT2D eigenvalue weighted by Crippen LogP contribution is -2.31. The van der Waals surface area contributed by atoms with Gasteiger partial charge in [-0.25, -0.2) is 4.79 Å². The highest BCUT2D eigenvalue weighted by atomic mass is 16.4. The van der Waals surface area contributed by atoms with Crippen LogP contribution in [0, 0.1) is 12.8 Å². The van der Waals surface area contributed by atoms with Crippen molar-refractivity contribution in [2.45, 2.75) is 33.2 Å². The number of carboxylic acids is 1. The summed E-state index contributed by atoms with van der Waals surface area (Å²) in [4.78, 5) is 11.5. The molecule has 2 N–H and O–H groups in total. The minimum absolute atomic E-state index is 0.259. The topological polar surface area (TPSA) is 92.4 Å². The predicted molar refractivity (Wildman–Crippen MR) is 87.5 cm³/mol. The zero-order valence-corrected chi connectivity index (χ0v) is 13.3. The Labute approximate surface area is 133 Å². The number of benzene rings is 1. The summed E-state index contributed by atoms with van der Waals surface area (Å²) in [5.41, 5.74) is 0.666. The predicted octanol–water partition coefficient (Wildman–Crippen LogP) is 2.50. The number of aliphatic carboxylic acids is 1. The van der Waals surface area contributed by atoms with E-state index in [0.29, 0.717) is 23.7 Å². The first kappa shape index (κ1) is 15.2. The van der Waals surface area contributed by atoms with E-state index in [2.05, 4.69) is 20.6 Å². The second-order valence-corrected chi connectivity index (χ2v) is 6.04. The van der Waals surface area contributed by atoms with E-state index in [9.17, 15) is 9.90 Å². The van der Waals surface area contributed by atoms with Crippen LogP contribution < -0.4 is 5.32 Å². The molecule has 0 aliphatic heterocycles. The molecule has 0 unspecified atom stereocenters. The maximum Gasteiger partial charge on any atom is 0.326 e. The first-order valence-electron chi connectivity index (χ1n) is 7.57. The third-order valence-corrected chi connectivity index (χ3v) is 3.74. The van der Waals surface area contributed by atoms with Crippen molar-refractivity contribution in [3.05, 3.63) is 30.1 Å². The van der Waals surface area contributed by atoms with Gasteiger partial charge in [-0.3, -0.25) is 0 Å². The smallest absolute Gasteiger partial charge is 0.326 e. The van der Waals surface area contributed by atoms with E-state index in [-0.39, 0.29) is 5.92 Å². The van der Waals surface area contributed by atoms with Crippen LogP contribution >= 0.6 is 0 Å². The Hall–Kier alpha value is -2.70. The molecule has 0 amide bonds. The SMILES string of the molecule is Cc1nnc2c3ccccc3c(N[C@H](CC(C)C)C(=O)O)nn12. The molecule has 3 rings (SSSR count). The minimum atomic E-state index is -0.884. The molecule has 2 aromatic heterocycles. The van der Waals surface area contributed by atoms with E-state index in [0.717, 1.165) is 10.8 Å². The van der Waals surface area contributed by atoms with Gasteiger partial charge in [0.25, 0.3) is 0 Å². The molecule has 0 aliphatic carbocycles. The lowest BCUT2D eigenvalue weighted by Gasteiger charge is -2.18.